The highest BCUT2D eigenvalue weighted by Gasteiger charge is 2.26. The largest absolute Gasteiger partial charge is 0.368 e. The standard InChI is InChI=1S/C26H28BrClN4O/c1-17-7-6-10-22(24(17)28)31-21-9-5-4-8-19(21)25(33)30-18-11-12-23(20(27)15-18)32-14-13-29-26(2,3)16-32/h4-12,15,29,31H,13-14,16H2,1-3H3,(H,30,33). The van der Waals surface area contributed by atoms with Crippen LogP contribution in [0.4, 0.5) is 22.7 Å². The number of benzene rings is 3. The number of rotatable bonds is 5. The van der Waals surface area contributed by atoms with Gasteiger partial charge in [-0.15, -0.1) is 0 Å². The van der Waals surface area contributed by atoms with Gasteiger partial charge in [0.25, 0.3) is 5.91 Å². The molecule has 0 atom stereocenters. The number of hydrogen-bond acceptors (Lipinski definition) is 4. The van der Waals surface area contributed by atoms with E-state index in [1.54, 1.807) is 6.07 Å². The van der Waals surface area contributed by atoms with Crippen LogP contribution >= 0.6 is 27.5 Å². The Bertz CT molecular complexity index is 1180. The molecule has 3 aromatic rings. The van der Waals surface area contributed by atoms with Crippen LogP contribution in [0.2, 0.25) is 5.02 Å². The molecule has 1 saturated heterocycles. The van der Waals surface area contributed by atoms with E-state index in [4.69, 9.17) is 11.6 Å². The fourth-order valence-corrected chi connectivity index (χ4v) is 4.87. The Labute approximate surface area is 208 Å². The van der Waals surface area contributed by atoms with Crippen LogP contribution in [0.25, 0.3) is 0 Å². The molecule has 0 spiro atoms. The highest BCUT2D eigenvalue weighted by Crippen LogP contribution is 2.32. The number of amides is 1. The second-order valence-corrected chi connectivity index (χ2v) is 10.2. The first-order valence-electron chi connectivity index (χ1n) is 11.0. The Morgan fingerprint density at radius 2 is 1.85 bits per heavy atom. The summed E-state index contributed by atoms with van der Waals surface area (Å²) in [7, 11) is 0. The molecular weight excluding hydrogens is 500 g/mol. The van der Waals surface area contributed by atoms with E-state index in [1.165, 1.54) is 0 Å². The van der Waals surface area contributed by atoms with Crippen molar-refractivity contribution in [3.05, 3.63) is 81.3 Å². The SMILES string of the molecule is Cc1cccc(Nc2ccccc2C(=O)Nc2ccc(N3CCNC(C)(C)C3)c(Br)c2)c1Cl. The number of carbonyl (C=O) groups excluding carboxylic acids is 1. The second kappa shape index (κ2) is 9.75. The first-order valence-corrected chi connectivity index (χ1v) is 12.1. The number of nitrogens with zero attached hydrogens (tertiary/aromatic N) is 1. The van der Waals surface area contributed by atoms with Gasteiger partial charge in [0.05, 0.1) is 27.6 Å². The minimum absolute atomic E-state index is 0.0570. The summed E-state index contributed by atoms with van der Waals surface area (Å²) in [5, 5.41) is 10.5. The van der Waals surface area contributed by atoms with Crippen molar-refractivity contribution in [2.75, 3.05) is 35.2 Å². The molecule has 3 aromatic carbocycles. The molecule has 1 heterocycles. The molecule has 0 saturated carbocycles. The average molecular weight is 528 g/mol. The topological polar surface area (TPSA) is 56.4 Å². The molecule has 0 aliphatic carbocycles. The lowest BCUT2D eigenvalue weighted by Crippen LogP contribution is -2.57. The number of hydrogen-bond donors (Lipinski definition) is 3. The van der Waals surface area contributed by atoms with Crippen molar-refractivity contribution in [1.29, 1.82) is 0 Å². The summed E-state index contributed by atoms with van der Waals surface area (Å²) in [6.45, 7) is 9.15. The van der Waals surface area contributed by atoms with E-state index < -0.39 is 0 Å². The summed E-state index contributed by atoms with van der Waals surface area (Å²) >= 11 is 10.1. The van der Waals surface area contributed by atoms with Gasteiger partial charge in [0.1, 0.15) is 0 Å². The highest BCUT2D eigenvalue weighted by atomic mass is 79.9. The lowest BCUT2D eigenvalue weighted by Gasteiger charge is -2.40. The van der Waals surface area contributed by atoms with Crippen LogP contribution in [0, 0.1) is 6.92 Å². The summed E-state index contributed by atoms with van der Waals surface area (Å²) in [6.07, 6.45) is 0. The summed E-state index contributed by atoms with van der Waals surface area (Å²) in [4.78, 5) is 15.5. The molecule has 7 heteroatoms. The zero-order chi connectivity index (χ0) is 23.6. The zero-order valence-corrected chi connectivity index (χ0v) is 21.3. The maximum Gasteiger partial charge on any atom is 0.257 e. The molecule has 0 radical (unpaired) electrons. The maximum absolute atomic E-state index is 13.1. The number of carbonyl (C=O) groups is 1. The van der Waals surface area contributed by atoms with Crippen LogP contribution in [0.5, 0.6) is 0 Å². The van der Waals surface area contributed by atoms with Gasteiger partial charge >= 0.3 is 0 Å². The molecule has 0 aromatic heterocycles. The van der Waals surface area contributed by atoms with Crippen LogP contribution < -0.4 is 20.9 Å². The monoisotopic (exact) mass is 526 g/mol. The summed E-state index contributed by atoms with van der Waals surface area (Å²) in [6, 6.07) is 19.2. The van der Waals surface area contributed by atoms with Crippen molar-refractivity contribution in [2.24, 2.45) is 0 Å². The Hall–Kier alpha value is -2.54. The molecule has 5 nitrogen and oxygen atoms in total. The van der Waals surface area contributed by atoms with E-state index >= 15 is 0 Å². The van der Waals surface area contributed by atoms with Crippen molar-refractivity contribution in [3.63, 3.8) is 0 Å². The van der Waals surface area contributed by atoms with Gasteiger partial charge in [-0.05, 0) is 78.7 Å². The first kappa shape index (κ1) is 23.6. The van der Waals surface area contributed by atoms with Gasteiger partial charge in [-0.3, -0.25) is 4.79 Å². The molecule has 1 aliphatic heterocycles. The van der Waals surface area contributed by atoms with Crippen molar-refractivity contribution in [3.8, 4) is 0 Å². The van der Waals surface area contributed by atoms with Gasteiger partial charge in [0.2, 0.25) is 0 Å². The minimum atomic E-state index is -0.190. The van der Waals surface area contributed by atoms with E-state index in [1.807, 2.05) is 55.5 Å². The molecule has 0 unspecified atom stereocenters. The summed E-state index contributed by atoms with van der Waals surface area (Å²) < 4.78 is 0.955. The van der Waals surface area contributed by atoms with E-state index in [9.17, 15) is 4.79 Å². The second-order valence-electron chi connectivity index (χ2n) is 8.96. The van der Waals surface area contributed by atoms with Crippen LogP contribution in [0.15, 0.2) is 65.1 Å². The van der Waals surface area contributed by atoms with Crippen LogP contribution in [-0.4, -0.2) is 31.1 Å². The van der Waals surface area contributed by atoms with Crippen molar-refractivity contribution in [1.82, 2.24) is 5.32 Å². The van der Waals surface area contributed by atoms with E-state index in [2.05, 4.69) is 56.7 Å². The molecule has 0 bridgehead atoms. The smallest absolute Gasteiger partial charge is 0.257 e. The van der Waals surface area contributed by atoms with Gasteiger partial charge in [0.15, 0.2) is 0 Å². The van der Waals surface area contributed by atoms with Gasteiger partial charge in [0, 0.05) is 35.3 Å². The molecule has 3 N–H and O–H groups in total. The Morgan fingerprint density at radius 3 is 2.61 bits per heavy atom. The number of para-hydroxylation sites is 1. The average Bonchev–Trinajstić information content (AvgIpc) is 2.76. The number of anilines is 4. The lowest BCUT2D eigenvalue weighted by molar-refractivity contribution is 0.102. The first-order chi connectivity index (χ1) is 15.7. The third kappa shape index (κ3) is 5.52. The molecule has 172 valence electrons. The van der Waals surface area contributed by atoms with Gasteiger partial charge in [-0.25, -0.2) is 0 Å². The molecular formula is C26H28BrClN4O. The summed E-state index contributed by atoms with van der Waals surface area (Å²) in [5.41, 5.74) is 4.89. The fourth-order valence-electron chi connectivity index (χ4n) is 4.07. The van der Waals surface area contributed by atoms with Crippen molar-refractivity contribution >= 4 is 56.2 Å². The summed E-state index contributed by atoms with van der Waals surface area (Å²) in [5.74, 6) is -0.190. The van der Waals surface area contributed by atoms with Crippen LogP contribution in [0.3, 0.4) is 0 Å². The molecule has 1 fully saturated rings. The quantitative estimate of drug-likeness (QED) is 0.350. The number of nitrogens with one attached hydrogen (secondary N) is 3. The molecule has 4 rings (SSSR count). The van der Waals surface area contributed by atoms with Gasteiger partial charge in [-0.2, -0.15) is 0 Å². The van der Waals surface area contributed by atoms with E-state index in [0.29, 0.717) is 16.3 Å². The number of aryl methyl sites for hydroxylation is 1. The van der Waals surface area contributed by atoms with E-state index in [-0.39, 0.29) is 11.4 Å². The van der Waals surface area contributed by atoms with Gasteiger partial charge in [-0.1, -0.05) is 35.9 Å². The molecule has 33 heavy (non-hydrogen) atoms. The fraction of sp³-hybridized carbons (Fsp3) is 0.269. The number of piperazine rings is 1. The minimum Gasteiger partial charge on any atom is -0.368 e. The predicted molar refractivity (Wildman–Crippen MR) is 142 cm³/mol. The third-order valence-corrected chi connectivity index (χ3v) is 6.89. The zero-order valence-electron chi connectivity index (χ0n) is 19.0. The number of halogens is 2. The Morgan fingerprint density at radius 1 is 1.09 bits per heavy atom. The maximum atomic E-state index is 13.1. The van der Waals surface area contributed by atoms with Crippen molar-refractivity contribution < 1.29 is 4.79 Å². The normalized spacial score (nSPS) is 15.2. The van der Waals surface area contributed by atoms with Gasteiger partial charge < -0.3 is 20.9 Å². The lowest BCUT2D eigenvalue weighted by atomic mass is 10.0. The Kier molecular flexibility index (Phi) is 6.98. The molecule has 1 amide bonds. The van der Waals surface area contributed by atoms with E-state index in [0.717, 1.165) is 46.7 Å². The highest BCUT2D eigenvalue weighted by molar-refractivity contribution is 9.10. The third-order valence-electron chi connectivity index (χ3n) is 5.75. The molecule has 1 aliphatic rings. The predicted octanol–water partition coefficient (Wildman–Crippen LogP) is 6.60. The van der Waals surface area contributed by atoms with Crippen LogP contribution in [-0.2, 0) is 0 Å². The van der Waals surface area contributed by atoms with Crippen molar-refractivity contribution in [2.45, 2.75) is 26.3 Å². The van der Waals surface area contributed by atoms with Crippen LogP contribution in [0.1, 0.15) is 29.8 Å². The Balaban J connectivity index is 1.52.